The van der Waals surface area contributed by atoms with Gasteiger partial charge in [-0.2, -0.15) is 0 Å². The number of sulfonamides is 1. The molecule has 5 rings (SSSR count). The molecule has 2 aromatic carbocycles. The second-order valence-electron chi connectivity index (χ2n) is 7.45. The molecule has 0 atom stereocenters. The van der Waals surface area contributed by atoms with Crippen LogP contribution in [0.25, 0.3) is 0 Å². The normalized spacial score (nSPS) is 15.8. The Labute approximate surface area is 184 Å². The fraction of sp³-hybridized carbons (Fsp3) is 0.227. The highest BCUT2D eigenvalue weighted by Crippen LogP contribution is 2.35. The summed E-state index contributed by atoms with van der Waals surface area (Å²) in [5.74, 6) is -0.179. The molecule has 0 saturated heterocycles. The van der Waals surface area contributed by atoms with Gasteiger partial charge in [-0.05, 0) is 59.7 Å². The van der Waals surface area contributed by atoms with Crippen molar-refractivity contribution in [2.24, 2.45) is 0 Å². The number of hydrogen-bond donors (Lipinski definition) is 0. The van der Waals surface area contributed by atoms with Gasteiger partial charge in [0, 0.05) is 30.1 Å². The Hall–Kier alpha value is -2.35. The van der Waals surface area contributed by atoms with Crippen LogP contribution in [0.2, 0.25) is 5.02 Å². The van der Waals surface area contributed by atoms with E-state index in [1.807, 2.05) is 29.6 Å². The van der Waals surface area contributed by atoms with Crippen LogP contribution < -0.4 is 4.31 Å². The molecule has 8 heteroatoms. The molecule has 1 aromatic heterocycles. The molecule has 2 aliphatic rings. The smallest absolute Gasteiger partial charge is 0.265 e. The van der Waals surface area contributed by atoms with Crippen molar-refractivity contribution in [3.63, 3.8) is 0 Å². The van der Waals surface area contributed by atoms with Gasteiger partial charge in [-0.3, -0.25) is 9.10 Å². The predicted octanol–water partition coefficient (Wildman–Crippen LogP) is 4.35. The first-order valence-electron chi connectivity index (χ1n) is 9.70. The lowest BCUT2D eigenvalue weighted by Crippen LogP contribution is -2.35. The van der Waals surface area contributed by atoms with Gasteiger partial charge in [0.25, 0.3) is 15.9 Å². The van der Waals surface area contributed by atoms with Crippen LogP contribution in [0.3, 0.4) is 0 Å². The highest BCUT2D eigenvalue weighted by molar-refractivity contribution is 7.93. The Balaban J connectivity index is 1.48. The molecule has 0 fully saturated rings. The summed E-state index contributed by atoms with van der Waals surface area (Å²) in [6, 6.07) is 14.0. The number of carbonyl (C=O) groups excluding carboxylic acids is 1. The van der Waals surface area contributed by atoms with E-state index in [1.165, 1.54) is 21.3 Å². The lowest BCUT2D eigenvalue weighted by atomic mass is 10.1. The van der Waals surface area contributed by atoms with Crippen molar-refractivity contribution in [1.29, 1.82) is 0 Å². The molecular weight excluding hydrogens is 440 g/mol. The number of thiophene rings is 1. The number of amides is 1. The van der Waals surface area contributed by atoms with Crippen LogP contribution in [0.5, 0.6) is 0 Å². The summed E-state index contributed by atoms with van der Waals surface area (Å²) >= 11 is 8.01. The van der Waals surface area contributed by atoms with E-state index in [9.17, 15) is 13.2 Å². The van der Waals surface area contributed by atoms with Crippen molar-refractivity contribution in [1.82, 2.24) is 4.90 Å². The minimum atomic E-state index is -3.88. The van der Waals surface area contributed by atoms with E-state index in [-0.39, 0.29) is 15.8 Å². The van der Waals surface area contributed by atoms with E-state index in [0.29, 0.717) is 37.3 Å². The molecule has 0 aliphatic carbocycles. The Bertz CT molecular complexity index is 1250. The maximum absolute atomic E-state index is 13.4. The number of para-hydroxylation sites is 1. The van der Waals surface area contributed by atoms with E-state index in [0.717, 1.165) is 17.5 Å². The minimum absolute atomic E-state index is 0.0278. The fourth-order valence-corrected chi connectivity index (χ4v) is 7.01. The Morgan fingerprint density at radius 3 is 2.70 bits per heavy atom. The van der Waals surface area contributed by atoms with Crippen molar-refractivity contribution in [2.45, 2.75) is 24.3 Å². The first kappa shape index (κ1) is 19.6. The Morgan fingerprint density at radius 1 is 1.00 bits per heavy atom. The molecule has 3 heterocycles. The molecule has 0 bridgehead atoms. The molecule has 0 N–H and O–H groups in total. The number of hydrogen-bond acceptors (Lipinski definition) is 4. The summed E-state index contributed by atoms with van der Waals surface area (Å²) < 4.78 is 28.2. The first-order valence-corrected chi connectivity index (χ1v) is 12.4. The van der Waals surface area contributed by atoms with Gasteiger partial charge in [0.2, 0.25) is 0 Å². The average Bonchev–Trinajstić information content (AvgIpc) is 3.40. The Kier molecular flexibility index (Phi) is 4.84. The van der Waals surface area contributed by atoms with Gasteiger partial charge in [-0.1, -0.05) is 29.8 Å². The van der Waals surface area contributed by atoms with Crippen LogP contribution in [0.4, 0.5) is 5.69 Å². The number of halogens is 1. The molecule has 5 nitrogen and oxygen atoms in total. The number of rotatable bonds is 3. The van der Waals surface area contributed by atoms with Crippen molar-refractivity contribution in [3.05, 3.63) is 80.5 Å². The largest absolute Gasteiger partial charge is 0.334 e. The summed E-state index contributed by atoms with van der Waals surface area (Å²) in [5, 5.41) is 2.16. The summed E-state index contributed by atoms with van der Waals surface area (Å²) in [4.78, 5) is 16.2. The maximum atomic E-state index is 13.4. The zero-order valence-electron chi connectivity index (χ0n) is 16.0. The minimum Gasteiger partial charge on any atom is -0.334 e. The number of benzene rings is 2. The van der Waals surface area contributed by atoms with Crippen molar-refractivity contribution in [2.75, 3.05) is 17.4 Å². The lowest BCUT2D eigenvalue weighted by Gasteiger charge is -2.27. The SMILES string of the molecule is O=C(c1ccc(Cl)c(S(=O)(=O)N2CCc3ccccc32)c1)N1CCc2sccc2C1. The van der Waals surface area contributed by atoms with Gasteiger partial charge in [0.1, 0.15) is 4.90 Å². The van der Waals surface area contributed by atoms with E-state index in [1.54, 1.807) is 28.4 Å². The van der Waals surface area contributed by atoms with Crippen molar-refractivity contribution in [3.8, 4) is 0 Å². The molecule has 30 heavy (non-hydrogen) atoms. The van der Waals surface area contributed by atoms with E-state index >= 15 is 0 Å². The number of nitrogens with zero attached hydrogens (tertiary/aromatic N) is 2. The first-order chi connectivity index (χ1) is 14.4. The quantitative estimate of drug-likeness (QED) is 0.586. The Morgan fingerprint density at radius 2 is 1.83 bits per heavy atom. The molecule has 1 amide bonds. The van der Waals surface area contributed by atoms with Gasteiger partial charge < -0.3 is 4.90 Å². The third kappa shape index (κ3) is 3.21. The third-order valence-electron chi connectivity index (χ3n) is 5.69. The summed E-state index contributed by atoms with van der Waals surface area (Å²) in [6.45, 7) is 1.53. The van der Waals surface area contributed by atoms with Gasteiger partial charge in [0.15, 0.2) is 0 Å². The number of carbonyl (C=O) groups is 1. The van der Waals surface area contributed by atoms with Gasteiger partial charge in [0.05, 0.1) is 10.7 Å². The molecule has 0 saturated carbocycles. The average molecular weight is 459 g/mol. The van der Waals surface area contributed by atoms with E-state index in [4.69, 9.17) is 11.6 Å². The van der Waals surface area contributed by atoms with E-state index < -0.39 is 10.0 Å². The maximum Gasteiger partial charge on any atom is 0.265 e. The molecular formula is C22H19ClN2O3S2. The molecule has 0 spiro atoms. The summed E-state index contributed by atoms with van der Waals surface area (Å²) in [6.07, 6.45) is 1.48. The second-order valence-corrected chi connectivity index (χ2v) is 10.7. The monoisotopic (exact) mass is 458 g/mol. The van der Waals surface area contributed by atoms with Crippen LogP contribution >= 0.6 is 22.9 Å². The van der Waals surface area contributed by atoms with Crippen LogP contribution in [0.1, 0.15) is 26.4 Å². The highest BCUT2D eigenvalue weighted by Gasteiger charge is 2.33. The zero-order chi connectivity index (χ0) is 20.9. The van der Waals surface area contributed by atoms with Gasteiger partial charge in [-0.25, -0.2) is 8.42 Å². The summed E-state index contributed by atoms with van der Waals surface area (Å²) in [5.41, 5.74) is 3.16. The predicted molar refractivity (Wildman–Crippen MR) is 119 cm³/mol. The number of fused-ring (bicyclic) bond motifs is 2. The second kappa shape index (κ2) is 7.41. The third-order valence-corrected chi connectivity index (χ3v) is 9.00. The summed E-state index contributed by atoms with van der Waals surface area (Å²) in [7, 11) is -3.88. The molecule has 0 radical (unpaired) electrons. The van der Waals surface area contributed by atoms with Crippen LogP contribution in [-0.2, 0) is 29.4 Å². The molecule has 154 valence electrons. The van der Waals surface area contributed by atoms with Crippen LogP contribution in [-0.4, -0.2) is 32.3 Å². The molecule has 2 aliphatic heterocycles. The van der Waals surface area contributed by atoms with Gasteiger partial charge in [-0.15, -0.1) is 11.3 Å². The standard InChI is InChI=1S/C22H19ClN2O3S2/c23-18-6-5-16(22(26)24-10-8-20-17(14-24)9-12-29-20)13-21(18)30(27,28)25-11-7-15-3-1-2-4-19(15)25/h1-6,9,12-13H,7-8,10-11,14H2. The zero-order valence-corrected chi connectivity index (χ0v) is 18.4. The highest BCUT2D eigenvalue weighted by atomic mass is 35.5. The molecule has 0 unspecified atom stereocenters. The number of anilines is 1. The van der Waals surface area contributed by atoms with E-state index in [2.05, 4.69) is 0 Å². The molecule has 3 aromatic rings. The van der Waals surface area contributed by atoms with Crippen LogP contribution in [0, 0.1) is 0 Å². The topological polar surface area (TPSA) is 57.7 Å². The fourth-order valence-electron chi connectivity index (χ4n) is 4.11. The van der Waals surface area contributed by atoms with Crippen molar-refractivity contribution >= 4 is 44.6 Å². The van der Waals surface area contributed by atoms with Crippen LogP contribution in [0.15, 0.2) is 58.8 Å². The lowest BCUT2D eigenvalue weighted by molar-refractivity contribution is 0.0735. The van der Waals surface area contributed by atoms with Crippen molar-refractivity contribution < 1.29 is 13.2 Å². The van der Waals surface area contributed by atoms with Gasteiger partial charge >= 0.3 is 0 Å².